The highest BCUT2D eigenvalue weighted by atomic mass is 35.5. The Bertz CT molecular complexity index is 1550. The summed E-state index contributed by atoms with van der Waals surface area (Å²) in [5.41, 5.74) is 4.35. The summed E-state index contributed by atoms with van der Waals surface area (Å²) >= 11 is 12.7. The summed E-state index contributed by atoms with van der Waals surface area (Å²) in [5, 5.41) is 3.51. The molecular formula is C31H25Cl2FN2O3. The zero-order valence-corrected chi connectivity index (χ0v) is 22.7. The molecular weight excluding hydrogens is 538 g/mol. The van der Waals surface area contributed by atoms with Gasteiger partial charge in [0.1, 0.15) is 11.6 Å². The number of methoxy groups -OCH3 is 1. The van der Waals surface area contributed by atoms with E-state index in [1.807, 2.05) is 42.5 Å². The second-order valence-electron chi connectivity index (χ2n) is 9.19. The van der Waals surface area contributed by atoms with Crippen molar-refractivity contribution in [1.29, 1.82) is 0 Å². The number of aryl methyl sites for hydroxylation is 1. The van der Waals surface area contributed by atoms with Crippen molar-refractivity contribution in [1.82, 2.24) is 5.32 Å². The van der Waals surface area contributed by atoms with Gasteiger partial charge in [0.2, 0.25) is 0 Å². The summed E-state index contributed by atoms with van der Waals surface area (Å²) in [6, 6.07) is 22.5. The SMILES string of the molecule is COc1ccccc1CNC(=O)c1ccc(Cl)c(-c2ccc3c(c2)CCCN3C(=O)c2c(F)cccc2Cl)c1. The average molecular weight is 563 g/mol. The van der Waals surface area contributed by atoms with E-state index in [1.165, 1.54) is 18.2 Å². The number of carbonyl (C=O) groups is 2. The standard InChI is InChI=1S/C31H25Cl2FN2O3/c1-39-28-10-3-2-6-22(28)18-35-30(37)21-11-13-24(32)23(17-21)19-12-14-27-20(16-19)7-5-15-36(27)31(38)29-25(33)8-4-9-26(29)34/h2-4,6,8-14,16-17H,5,7,15,18H2,1H3,(H,35,37). The largest absolute Gasteiger partial charge is 0.496 e. The fourth-order valence-corrected chi connectivity index (χ4v) is 5.30. The van der Waals surface area contributed by atoms with Crippen molar-refractivity contribution in [2.75, 3.05) is 18.6 Å². The molecule has 0 aromatic heterocycles. The lowest BCUT2D eigenvalue weighted by Gasteiger charge is -2.30. The molecule has 0 fully saturated rings. The van der Waals surface area contributed by atoms with Gasteiger partial charge in [0.15, 0.2) is 0 Å². The van der Waals surface area contributed by atoms with E-state index in [-0.39, 0.29) is 16.5 Å². The molecule has 2 amide bonds. The van der Waals surface area contributed by atoms with Gasteiger partial charge in [-0.2, -0.15) is 0 Å². The van der Waals surface area contributed by atoms with Gasteiger partial charge in [0.25, 0.3) is 11.8 Å². The maximum Gasteiger partial charge on any atom is 0.262 e. The third-order valence-corrected chi connectivity index (χ3v) is 7.44. The highest BCUT2D eigenvalue weighted by Gasteiger charge is 2.27. The molecule has 0 aliphatic carbocycles. The third kappa shape index (κ3) is 5.49. The van der Waals surface area contributed by atoms with Crippen LogP contribution in [0.25, 0.3) is 11.1 Å². The maximum absolute atomic E-state index is 14.5. The highest BCUT2D eigenvalue weighted by Crippen LogP contribution is 2.36. The number of fused-ring (bicyclic) bond motifs is 1. The fourth-order valence-electron chi connectivity index (χ4n) is 4.83. The van der Waals surface area contributed by atoms with Crippen LogP contribution >= 0.6 is 23.2 Å². The summed E-state index contributed by atoms with van der Waals surface area (Å²) in [4.78, 5) is 27.8. The minimum atomic E-state index is -0.649. The highest BCUT2D eigenvalue weighted by molar-refractivity contribution is 6.34. The number of nitrogens with zero attached hydrogens (tertiary/aromatic N) is 1. The quantitative estimate of drug-likeness (QED) is 0.267. The van der Waals surface area contributed by atoms with E-state index in [4.69, 9.17) is 27.9 Å². The molecule has 0 saturated heterocycles. The van der Waals surface area contributed by atoms with Crippen LogP contribution in [0, 0.1) is 5.82 Å². The topological polar surface area (TPSA) is 58.6 Å². The molecule has 4 aromatic carbocycles. The van der Waals surface area contributed by atoms with E-state index in [1.54, 1.807) is 30.2 Å². The van der Waals surface area contributed by atoms with Crippen LogP contribution < -0.4 is 15.0 Å². The van der Waals surface area contributed by atoms with E-state index in [2.05, 4.69) is 5.32 Å². The van der Waals surface area contributed by atoms with Gasteiger partial charge in [-0.05, 0) is 72.5 Å². The lowest BCUT2D eigenvalue weighted by atomic mass is 9.94. The van der Waals surface area contributed by atoms with Gasteiger partial charge in [-0.25, -0.2) is 4.39 Å². The maximum atomic E-state index is 14.5. The van der Waals surface area contributed by atoms with Crippen LogP contribution in [0.15, 0.2) is 78.9 Å². The van der Waals surface area contributed by atoms with Gasteiger partial charge in [0.05, 0.1) is 17.7 Å². The second kappa shape index (κ2) is 11.5. The molecule has 1 aliphatic rings. The van der Waals surface area contributed by atoms with Crippen LogP contribution in [0.1, 0.15) is 38.3 Å². The molecule has 0 radical (unpaired) electrons. The molecule has 5 rings (SSSR count). The Kier molecular flexibility index (Phi) is 7.87. The number of rotatable bonds is 6. The molecule has 0 saturated carbocycles. The molecule has 5 nitrogen and oxygen atoms in total. The van der Waals surface area contributed by atoms with Gasteiger partial charge in [-0.3, -0.25) is 9.59 Å². The van der Waals surface area contributed by atoms with Crippen LogP contribution in [0.5, 0.6) is 5.75 Å². The minimum absolute atomic E-state index is 0.0799. The van der Waals surface area contributed by atoms with Crippen molar-refractivity contribution < 1.29 is 18.7 Å². The Balaban J connectivity index is 1.40. The van der Waals surface area contributed by atoms with E-state index in [0.29, 0.717) is 47.1 Å². The fraction of sp³-hybridized carbons (Fsp3) is 0.161. The number of para-hydroxylation sites is 1. The predicted molar refractivity (Wildman–Crippen MR) is 152 cm³/mol. The normalized spacial score (nSPS) is 12.6. The first kappa shape index (κ1) is 26.7. The smallest absolute Gasteiger partial charge is 0.262 e. The Morgan fingerprint density at radius 3 is 2.59 bits per heavy atom. The molecule has 39 heavy (non-hydrogen) atoms. The first-order chi connectivity index (χ1) is 18.9. The van der Waals surface area contributed by atoms with Gasteiger partial charge < -0.3 is 15.0 Å². The van der Waals surface area contributed by atoms with Crippen molar-refractivity contribution in [3.05, 3.63) is 117 Å². The summed E-state index contributed by atoms with van der Waals surface area (Å²) in [6.45, 7) is 0.772. The number of carbonyl (C=O) groups excluding carboxylic acids is 2. The van der Waals surface area contributed by atoms with Gasteiger partial charge in [-0.1, -0.05) is 53.5 Å². The summed E-state index contributed by atoms with van der Waals surface area (Å²) < 4.78 is 19.8. The molecule has 0 atom stereocenters. The van der Waals surface area contributed by atoms with Crippen molar-refractivity contribution >= 4 is 40.7 Å². The number of anilines is 1. The molecule has 0 bridgehead atoms. The van der Waals surface area contributed by atoms with Gasteiger partial charge in [0, 0.05) is 40.5 Å². The summed E-state index contributed by atoms with van der Waals surface area (Å²) in [7, 11) is 1.59. The summed E-state index contributed by atoms with van der Waals surface area (Å²) in [6.07, 6.45) is 1.46. The first-order valence-corrected chi connectivity index (χ1v) is 13.2. The van der Waals surface area contributed by atoms with Crippen molar-refractivity contribution in [3.63, 3.8) is 0 Å². The number of hydrogen-bond acceptors (Lipinski definition) is 3. The molecule has 8 heteroatoms. The third-order valence-electron chi connectivity index (χ3n) is 6.79. The van der Waals surface area contributed by atoms with Gasteiger partial charge in [-0.15, -0.1) is 0 Å². The molecule has 4 aromatic rings. The molecule has 1 aliphatic heterocycles. The molecule has 198 valence electrons. The lowest BCUT2D eigenvalue weighted by Crippen LogP contribution is -2.36. The van der Waals surface area contributed by atoms with Crippen LogP contribution in [0.4, 0.5) is 10.1 Å². The Hall–Kier alpha value is -3.87. The molecule has 0 unspecified atom stereocenters. The molecule has 1 heterocycles. The minimum Gasteiger partial charge on any atom is -0.496 e. The zero-order valence-electron chi connectivity index (χ0n) is 21.1. The number of hydrogen-bond donors (Lipinski definition) is 1. The molecule has 0 spiro atoms. The predicted octanol–water partition coefficient (Wildman–Crippen LogP) is 7.33. The number of amides is 2. The van der Waals surface area contributed by atoms with Crippen molar-refractivity contribution in [2.24, 2.45) is 0 Å². The van der Waals surface area contributed by atoms with Gasteiger partial charge >= 0.3 is 0 Å². The van der Waals surface area contributed by atoms with E-state index >= 15 is 0 Å². The second-order valence-corrected chi connectivity index (χ2v) is 10.0. The van der Waals surface area contributed by atoms with E-state index in [0.717, 1.165) is 23.1 Å². The van der Waals surface area contributed by atoms with Crippen LogP contribution in [-0.2, 0) is 13.0 Å². The lowest BCUT2D eigenvalue weighted by molar-refractivity contribution is 0.0948. The Morgan fingerprint density at radius 1 is 0.974 bits per heavy atom. The number of halogens is 3. The number of ether oxygens (including phenoxy) is 1. The van der Waals surface area contributed by atoms with E-state index in [9.17, 15) is 14.0 Å². The monoisotopic (exact) mass is 562 g/mol. The number of nitrogens with one attached hydrogen (secondary N) is 1. The van der Waals surface area contributed by atoms with Crippen LogP contribution in [0.2, 0.25) is 10.0 Å². The first-order valence-electron chi connectivity index (χ1n) is 12.5. The molecule has 1 N–H and O–H groups in total. The Morgan fingerprint density at radius 2 is 1.79 bits per heavy atom. The van der Waals surface area contributed by atoms with E-state index < -0.39 is 11.7 Å². The Labute approximate surface area is 236 Å². The summed E-state index contributed by atoms with van der Waals surface area (Å²) in [5.74, 6) is -0.661. The van der Waals surface area contributed by atoms with Crippen molar-refractivity contribution in [3.8, 4) is 16.9 Å². The number of benzene rings is 4. The average Bonchev–Trinajstić information content (AvgIpc) is 2.95. The van der Waals surface area contributed by atoms with Crippen molar-refractivity contribution in [2.45, 2.75) is 19.4 Å². The zero-order chi connectivity index (χ0) is 27.5. The van der Waals surface area contributed by atoms with Crippen LogP contribution in [-0.4, -0.2) is 25.5 Å². The van der Waals surface area contributed by atoms with Crippen LogP contribution in [0.3, 0.4) is 0 Å².